The van der Waals surface area contributed by atoms with Crippen molar-refractivity contribution in [2.45, 2.75) is 12.8 Å². The maximum Gasteiger partial charge on any atom is 0.224 e. The minimum atomic E-state index is 0. The number of rotatable bonds is 5. The molecule has 98 valence electrons. The fourth-order valence-electron chi connectivity index (χ4n) is 1.58. The summed E-state index contributed by atoms with van der Waals surface area (Å²) < 4.78 is 1.14. The molecule has 0 fully saturated rings. The van der Waals surface area contributed by atoms with Gasteiger partial charge in [-0.25, -0.2) is 4.98 Å². The van der Waals surface area contributed by atoms with Crippen LogP contribution >= 0.6 is 23.7 Å². The van der Waals surface area contributed by atoms with Gasteiger partial charge in [-0.15, -0.1) is 23.7 Å². The normalized spacial score (nSPS) is 10.1. The summed E-state index contributed by atoms with van der Waals surface area (Å²) >= 11 is 1.60. The van der Waals surface area contributed by atoms with Crippen LogP contribution in [0.25, 0.3) is 10.2 Å². The highest BCUT2D eigenvalue weighted by atomic mass is 35.5. The Balaban J connectivity index is 0.00000162. The molecular weight excluding hydrogens is 270 g/mol. The van der Waals surface area contributed by atoms with E-state index in [2.05, 4.69) is 15.6 Å². The van der Waals surface area contributed by atoms with Crippen molar-refractivity contribution in [2.24, 2.45) is 0 Å². The van der Waals surface area contributed by atoms with Gasteiger partial charge >= 0.3 is 0 Å². The quantitative estimate of drug-likeness (QED) is 0.831. The number of nitrogens with one attached hydrogen (secondary N) is 2. The van der Waals surface area contributed by atoms with Crippen molar-refractivity contribution in [3.63, 3.8) is 0 Å². The van der Waals surface area contributed by atoms with Gasteiger partial charge in [-0.05, 0) is 38.2 Å². The minimum absolute atomic E-state index is 0. The molecule has 0 aliphatic rings. The Bertz CT molecular complexity index is 515. The number of amides is 1. The van der Waals surface area contributed by atoms with Gasteiger partial charge in [0, 0.05) is 12.1 Å². The predicted octanol–water partition coefficient (Wildman–Crippen LogP) is 2.66. The number of aromatic nitrogens is 1. The van der Waals surface area contributed by atoms with Gasteiger partial charge in [0.05, 0.1) is 15.7 Å². The van der Waals surface area contributed by atoms with Gasteiger partial charge in [0.15, 0.2) is 0 Å². The molecule has 0 atom stereocenters. The number of halogens is 1. The van der Waals surface area contributed by atoms with Gasteiger partial charge in [-0.3, -0.25) is 4.79 Å². The van der Waals surface area contributed by atoms with Crippen LogP contribution in [0.3, 0.4) is 0 Å². The highest BCUT2D eigenvalue weighted by Crippen LogP contribution is 2.21. The third kappa shape index (κ3) is 3.94. The average molecular weight is 286 g/mol. The zero-order chi connectivity index (χ0) is 12.1. The molecule has 0 spiro atoms. The van der Waals surface area contributed by atoms with Crippen LogP contribution in [0.5, 0.6) is 0 Å². The fourth-order valence-corrected chi connectivity index (χ4v) is 2.24. The summed E-state index contributed by atoms with van der Waals surface area (Å²) in [5.74, 6) is 0.0508. The Morgan fingerprint density at radius 2 is 2.28 bits per heavy atom. The van der Waals surface area contributed by atoms with E-state index in [-0.39, 0.29) is 18.3 Å². The molecule has 18 heavy (non-hydrogen) atoms. The highest BCUT2D eigenvalue weighted by molar-refractivity contribution is 7.16. The van der Waals surface area contributed by atoms with Crippen LogP contribution in [0.1, 0.15) is 12.8 Å². The molecule has 0 saturated heterocycles. The number of nitrogens with zero attached hydrogens (tertiary/aromatic N) is 1. The van der Waals surface area contributed by atoms with Crippen LogP contribution in [0.2, 0.25) is 0 Å². The maximum absolute atomic E-state index is 11.6. The maximum atomic E-state index is 11.6. The molecule has 0 bridgehead atoms. The number of thiazole rings is 1. The summed E-state index contributed by atoms with van der Waals surface area (Å²) in [6.07, 6.45) is 1.39. The number of hydrogen-bond donors (Lipinski definition) is 2. The minimum Gasteiger partial charge on any atom is -0.326 e. The van der Waals surface area contributed by atoms with Crippen molar-refractivity contribution in [3.8, 4) is 0 Å². The van der Waals surface area contributed by atoms with Crippen molar-refractivity contribution in [3.05, 3.63) is 23.7 Å². The van der Waals surface area contributed by atoms with E-state index in [4.69, 9.17) is 0 Å². The second kappa shape index (κ2) is 7.31. The van der Waals surface area contributed by atoms with E-state index in [1.165, 1.54) is 0 Å². The Hall–Kier alpha value is -1.17. The molecule has 0 aliphatic carbocycles. The van der Waals surface area contributed by atoms with Gasteiger partial charge in [0.2, 0.25) is 5.91 Å². The van der Waals surface area contributed by atoms with E-state index in [9.17, 15) is 4.79 Å². The first-order chi connectivity index (χ1) is 8.29. The third-order valence-electron chi connectivity index (χ3n) is 2.44. The first kappa shape index (κ1) is 14.9. The summed E-state index contributed by atoms with van der Waals surface area (Å²) in [6.45, 7) is 0.860. The van der Waals surface area contributed by atoms with E-state index >= 15 is 0 Å². The van der Waals surface area contributed by atoms with Gasteiger partial charge in [-0.1, -0.05) is 0 Å². The summed E-state index contributed by atoms with van der Waals surface area (Å²) in [4.78, 5) is 15.8. The molecule has 0 aliphatic heterocycles. The second-order valence-corrected chi connectivity index (χ2v) is 4.68. The molecule has 1 aromatic heterocycles. The molecular formula is C12H16ClN3OS. The van der Waals surface area contributed by atoms with Gasteiger partial charge in [-0.2, -0.15) is 0 Å². The molecule has 1 heterocycles. The topological polar surface area (TPSA) is 54.0 Å². The van der Waals surface area contributed by atoms with E-state index in [1.807, 2.05) is 30.8 Å². The average Bonchev–Trinajstić information content (AvgIpc) is 2.76. The van der Waals surface area contributed by atoms with E-state index in [0.717, 1.165) is 28.9 Å². The van der Waals surface area contributed by atoms with Crippen molar-refractivity contribution in [2.75, 3.05) is 18.9 Å². The van der Waals surface area contributed by atoms with Crippen LogP contribution in [0, 0.1) is 0 Å². The van der Waals surface area contributed by atoms with Crippen molar-refractivity contribution in [1.29, 1.82) is 0 Å². The van der Waals surface area contributed by atoms with Crippen LogP contribution in [0.4, 0.5) is 5.69 Å². The molecule has 1 aromatic carbocycles. The monoisotopic (exact) mass is 285 g/mol. The Labute approximate surface area is 116 Å². The Kier molecular flexibility index (Phi) is 6.04. The first-order valence-corrected chi connectivity index (χ1v) is 6.45. The number of carbonyl (C=O) groups excluding carboxylic acids is 1. The van der Waals surface area contributed by atoms with E-state index in [0.29, 0.717) is 6.42 Å². The van der Waals surface area contributed by atoms with Crippen LogP contribution < -0.4 is 10.6 Å². The third-order valence-corrected chi connectivity index (χ3v) is 3.25. The zero-order valence-corrected chi connectivity index (χ0v) is 11.7. The number of benzene rings is 1. The van der Waals surface area contributed by atoms with Crippen LogP contribution in [-0.2, 0) is 4.79 Å². The SMILES string of the molecule is CNCCCC(=O)Nc1ccc2scnc2c1.Cl. The van der Waals surface area contributed by atoms with Crippen LogP contribution in [0.15, 0.2) is 23.7 Å². The fraction of sp³-hybridized carbons (Fsp3) is 0.333. The van der Waals surface area contributed by atoms with E-state index < -0.39 is 0 Å². The zero-order valence-electron chi connectivity index (χ0n) is 10.1. The lowest BCUT2D eigenvalue weighted by molar-refractivity contribution is -0.116. The second-order valence-electron chi connectivity index (χ2n) is 3.79. The molecule has 0 unspecified atom stereocenters. The summed E-state index contributed by atoms with van der Waals surface area (Å²) in [7, 11) is 1.88. The lowest BCUT2D eigenvalue weighted by Crippen LogP contribution is -2.15. The van der Waals surface area contributed by atoms with Crippen molar-refractivity contribution >= 4 is 45.6 Å². The molecule has 2 aromatic rings. The highest BCUT2D eigenvalue weighted by Gasteiger charge is 2.03. The smallest absolute Gasteiger partial charge is 0.224 e. The van der Waals surface area contributed by atoms with Crippen LogP contribution in [-0.4, -0.2) is 24.5 Å². The largest absolute Gasteiger partial charge is 0.326 e. The molecule has 6 heteroatoms. The summed E-state index contributed by atoms with van der Waals surface area (Å²) in [6, 6.07) is 5.80. The Morgan fingerprint density at radius 1 is 1.44 bits per heavy atom. The number of anilines is 1. The van der Waals surface area contributed by atoms with Gasteiger partial charge in [0.25, 0.3) is 0 Å². The number of hydrogen-bond acceptors (Lipinski definition) is 4. The van der Waals surface area contributed by atoms with Crippen molar-refractivity contribution < 1.29 is 4.79 Å². The standard InChI is InChI=1S/C12H15N3OS.ClH/c1-13-6-2-3-12(16)15-9-4-5-11-10(7-9)14-8-17-11;/h4-5,7-8,13H,2-3,6H2,1H3,(H,15,16);1H. The molecule has 4 nitrogen and oxygen atoms in total. The number of fused-ring (bicyclic) bond motifs is 1. The molecule has 2 rings (SSSR count). The first-order valence-electron chi connectivity index (χ1n) is 5.57. The molecule has 2 N–H and O–H groups in total. The predicted molar refractivity (Wildman–Crippen MR) is 78.7 cm³/mol. The molecule has 0 radical (unpaired) electrons. The van der Waals surface area contributed by atoms with E-state index in [1.54, 1.807) is 11.3 Å². The van der Waals surface area contributed by atoms with Gasteiger partial charge in [0.1, 0.15) is 0 Å². The summed E-state index contributed by atoms with van der Waals surface area (Å²) in [5.41, 5.74) is 3.56. The van der Waals surface area contributed by atoms with Crippen molar-refractivity contribution in [1.82, 2.24) is 10.3 Å². The lowest BCUT2D eigenvalue weighted by atomic mass is 10.2. The number of carbonyl (C=O) groups is 1. The Morgan fingerprint density at radius 3 is 3.06 bits per heavy atom. The lowest BCUT2D eigenvalue weighted by Gasteiger charge is -2.04. The molecule has 0 saturated carbocycles. The summed E-state index contributed by atoms with van der Waals surface area (Å²) in [5, 5.41) is 5.90. The van der Waals surface area contributed by atoms with Gasteiger partial charge < -0.3 is 10.6 Å². The molecule has 1 amide bonds.